The van der Waals surface area contributed by atoms with Crippen LogP contribution in [0, 0.1) is 0 Å². The van der Waals surface area contributed by atoms with Crippen LogP contribution in [0.5, 0.6) is 0 Å². The number of hydrogen-bond donors (Lipinski definition) is 0. The van der Waals surface area contributed by atoms with E-state index in [1.165, 1.54) is 5.56 Å². The van der Waals surface area contributed by atoms with Gasteiger partial charge in [0.25, 0.3) is 0 Å². The molecule has 0 saturated heterocycles. The Kier molecular flexibility index (Phi) is 7.67. The predicted octanol–water partition coefficient (Wildman–Crippen LogP) is 3.55. The summed E-state index contributed by atoms with van der Waals surface area (Å²) in [6, 6.07) is 8.37. The fraction of sp³-hybridized carbons (Fsp3) is 0.467. The molecule has 1 atom stereocenters. The summed E-state index contributed by atoms with van der Waals surface area (Å²) in [5.74, 6) is 0. The Morgan fingerprint density at radius 1 is 1.16 bits per heavy atom. The highest BCUT2D eigenvalue weighted by atomic mass is 28.3. The van der Waals surface area contributed by atoms with Gasteiger partial charge < -0.3 is 13.3 Å². The van der Waals surface area contributed by atoms with Gasteiger partial charge in [0.2, 0.25) is 0 Å². The quantitative estimate of drug-likeness (QED) is 0.511. The van der Waals surface area contributed by atoms with Crippen molar-refractivity contribution in [2.45, 2.75) is 33.3 Å². The molecule has 1 aromatic carbocycles. The molecule has 1 unspecified atom stereocenters. The first-order valence-corrected chi connectivity index (χ1v) is 7.92. The van der Waals surface area contributed by atoms with Crippen LogP contribution in [0.25, 0.3) is 0 Å². The van der Waals surface area contributed by atoms with Crippen LogP contribution >= 0.6 is 0 Å². The molecule has 0 bridgehead atoms. The molecular weight excluding hydrogens is 256 g/mol. The van der Waals surface area contributed by atoms with E-state index in [0.717, 1.165) is 12.0 Å². The highest BCUT2D eigenvalue weighted by Crippen LogP contribution is 2.19. The topological polar surface area (TPSA) is 27.7 Å². The molecule has 3 nitrogen and oxygen atoms in total. The van der Waals surface area contributed by atoms with Crippen molar-refractivity contribution in [1.82, 2.24) is 0 Å². The van der Waals surface area contributed by atoms with Crippen molar-refractivity contribution >= 4 is 9.53 Å². The van der Waals surface area contributed by atoms with Gasteiger partial charge >= 0.3 is 9.53 Å². The minimum absolute atomic E-state index is 0.0234. The zero-order chi connectivity index (χ0) is 14.1. The summed E-state index contributed by atoms with van der Waals surface area (Å²) in [5, 5.41) is 0. The van der Waals surface area contributed by atoms with Gasteiger partial charge in [0, 0.05) is 13.2 Å². The molecule has 1 aromatic rings. The molecule has 0 saturated carbocycles. The Labute approximate surface area is 118 Å². The van der Waals surface area contributed by atoms with E-state index in [9.17, 15) is 0 Å². The van der Waals surface area contributed by atoms with Crippen LogP contribution in [0.4, 0.5) is 0 Å². The zero-order valence-electron chi connectivity index (χ0n) is 12.0. The molecule has 0 N–H and O–H groups in total. The number of hydrogen-bond acceptors (Lipinski definition) is 3. The minimum atomic E-state index is -1.63. The van der Waals surface area contributed by atoms with Gasteiger partial charge in [-0.2, -0.15) is 0 Å². The predicted molar refractivity (Wildman–Crippen MR) is 78.8 cm³/mol. The Morgan fingerprint density at radius 2 is 1.74 bits per heavy atom. The normalized spacial score (nSPS) is 12.6. The van der Waals surface area contributed by atoms with Crippen molar-refractivity contribution in [1.29, 1.82) is 0 Å². The van der Waals surface area contributed by atoms with Crippen molar-refractivity contribution in [3.05, 3.63) is 48.0 Å². The molecule has 19 heavy (non-hydrogen) atoms. The van der Waals surface area contributed by atoms with Crippen LogP contribution in [0.3, 0.4) is 0 Å². The van der Waals surface area contributed by atoms with E-state index in [0.29, 0.717) is 13.2 Å². The number of rotatable bonds is 9. The third-order valence-electron chi connectivity index (χ3n) is 2.63. The molecule has 4 heteroatoms. The third kappa shape index (κ3) is 5.70. The highest BCUT2D eigenvalue weighted by molar-refractivity contribution is 6.36. The molecular formula is C15H23O3Si. The number of benzene rings is 1. The van der Waals surface area contributed by atoms with Crippen LogP contribution in [0.15, 0.2) is 36.9 Å². The van der Waals surface area contributed by atoms with Crippen LogP contribution < -0.4 is 0 Å². The lowest BCUT2D eigenvalue weighted by molar-refractivity contribution is 0.0700. The maximum Gasteiger partial charge on any atom is 0.578 e. The van der Waals surface area contributed by atoms with Gasteiger partial charge in [0.15, 0.2) is 0 Å². The summed E-state index contributed by atoms with van der Waals surface area (Å²) >= 11 is 0. The fourth-order valence-electron chi connectivity index (χ4n) is 1.65. The average molecular weight is 279 g/mol. The third-order valence-corrected chi connectivity index (χ3v) is 4.22. The summed E-state index contributed by atoms with van der Waals surface area (Å²) in [4.78, 5) is 0. The summed E-state index contributed by atoms with van der Waals surface area (Å²) in [7, 11) is -1.63. The van der Waals surface area contributed by atoms with Gasteiger partial charge in [-0.1, -0.05) is 30.3 Å². The first-order valence-electron chi connectivity index (χ1n) is 6.70. The fourth-order valence-corrected chi connectivity index (χ4v) is 2.76. The molecule has 0 aromatic heterocycles. The standard InChI is InChI=1S/C15H23O3Si/c1-5-8-14-9-11-15(12-10-14)13(4)18-19(16-6-2)17-7-3/h5,9-13H,1,6-8H2,2-4H3. The second kappa shape index (κ2) is 9.04. The van der Waals surface area contributed by atoms with Crippen molar-refractivity contribution in [2.75, 3.05) is 13.2 Å². The second-order valence-electron chi connectivity index (χ2n) is 4.11. The largest absolute Gasteiger partial charge is 0.578 e. The maximum atomic E-state index is 5.85. The van der Waals surface area contributed by atoms with Crippen LogP contribution in [0.2, 0.25) is 0 Å². The molecule has 0 aliphatic heterocycles. The zero-order valence-corrected chi connectivity index (χ0v) is 13.0. The van der Waals surface area contributed by atoms with Crippen molar-refractivity contribution in [2.24, 2.45) is 0 Å². The first kappa shape index (κ1) is 16.1. The molecule has 0 aliphatic carbocycles. The Bertz CT molecular complexity index is 358. The highest BCUT2D eigenvalue weighted by Gasteiger charge is 2.22. The molecule has 0 fully saturated rings. The lowest BCUT2D eigenvalue weighted by atomic mass is 10.1. The molecule has 0 amide bonds. The molecule has 0 heterocycles. The molecule has 105 valence electrons. The Morgan fingerprint density at radius 3 is 2.21 bits per heavy atom. The van der Waals surface area contributed by atoms with Gasteiger partial charge in [-0.05, 0) is 38.3 Å². The first-order chi connectivity index (χ1) is 9.21. The molecule has 1 rings (SSSR count). The van der Waals surface area contributed by atoms with Crippen LogP contribution in [-0.2, 0) is 19.7 Å². The summed E-state index contributed by atoms with van der Waals surface area (Å²) in [6.45, 7) is 10.9. The second-order valence-corrected chi connectivity index (χ2v) is 5.42. The SMILES string of the molecule is C=CCc1ccc(C(C)O[Si](OCC)OCC)cc1. The summed E-state index contributed by atoms with van der Waals surface area (Å²) in [6.07, 6.45) is 2.77. The Hall–Kier alpha value is -0.943. The van der Waals surface area contributed by atoms with E-state index in [1.54, 1.807) is 0 Å². The van der Waals surface area contributed by atoms with Crippen molar-refractivity contribution in [3.8, 4) is 0 Å². The van der Waals surface area contributed by atoms with Crippen molar-refractivity contribution in [3.63, 3.8) is 0 Å². The smallest absolute Gasteiger partial charge is 0.371 e. The van der Waals surface area contributed by atoms with E-state index in [-0.39, 0.29) is 6.10 Å². The monoisotopic (exact) mass is 279 g/mol. The van der Waals surface area contributed by atoms with E-state index < -0.39 is 9.53 Å². The molecule has 0 spiro atoms. The summed E-state index contributed by atoms with van der Waals surface area (Å²) < 4.78 is 16.8. The Balaban J connectivity index is 2.59. The van der Waals surface area contributed by atoms with Gasteiger partial charge in [-0.3, -0.25) is 0 Å². The summed E-state index contributed by atoms with van der Waals surface area (Å²) in [5.41, 5.74) is 2.39. The van der Waals surface area contributed by atoms with Gasteiger partial charge in [0.1, 0.15) is 0 Å². The lowest BCUT2D eigenvalue weighted by Crippen LogP contribution is -2.28. The van der Waals surface area contributed by atoms with Gasteiger partial charge in [0.05, 0.1) is 6.10 Å². The average Bonchev–Trinajstić information content (AvgIpc) is 2.40. The molecule has 0 aliphatic rings. The van der Waals surface area contributed by atoms with Crippen molar-refractivity contribution < 1.29 is 13.3 Å². The van der Waals surface area contributed by atoms with Crippen LogP contribution in [-0.4, -0.2) is 22.7 Å². The van der Waals surface area contributed by atoms with E-state index in [1.807, 2.05) is 26.8 Å². The molecule has 1 radical (unpaired) electrons. The van der Waals surface area contributed by atoms with Gasteiger partial charge in [-0.15, -0.1) is 6.58 Å². The minimum Gasteiger partial charge on any atom is -0.371 e. The van der Waals surface area contributed by atoms with E-state index in [2.05, 4.69) is 30.8 Å². The van der Waals surface area contributed by atoms with E-state index in [4.69, 9.17) is 13.3 Å². The number of allylic oxidation sites excluding steroid dienone is 1. The maximum absolute atomic E-state index is 5.85. The van der Waals surface area contributed by atoms with E-state index >= 15 is 0 Å². The van der Waals surface area contributed by atoms with Crippen LogP contribution in [0.1, 0.15) is 38.0 Å². The van der Waals surface area contributed by atoms with Gasteiger partial charge in [-0.25, -0.2) is 0 Å². The lowest BCUT2D eigenvalue weighted by Gasteiger charge is -2.19.